The average molecular weight is 318 g/mol. The highest BCUT2D eigenvalue weighted by Crippen LogP contribution is 2.23. The molecule has 0 spiro atoms. The summed E-state index contributed by atoms with van der Waals surface area (Å²) in [6.45, 7) is 5.95. The van der Waals surface area contributed by atoms with Gasteiger partial charge in [-0.3, -0.25) is 4.79 Å². The van der Waals surface area contributed by atoms with Gasteiger partial charge >= 0.3 is 0 Å². The fourth-order valence-electron chi connectivity index (χ4n) is 1.87. The number of anilines is 1. The van der Waals surface area contributed by atoms with Gasteiger partial charge in [-0.15, -0.1) is 0 Å². The van der Waals surface area contributed by atoms with Crippen molar-refractivity contribution in [1.29, 1.82) is 0 Å². The first-order valence-corrected chi connectivity index (χ1v) is 7.53. The number of hydrogen-bond donors (Lipinski definition) is 2. The predicted octanol–water partition coefficient (Wildman–Crippen LogP) is 2.49. The first kappa shape index (κ1) is 16.8. The van der Waals surface area contributed by atoms with E-state index in [4.69, 9.17) is 9.26 Å². The zero-order valence-corrected chi connectivity index (χ0v) is 13.8. The van der Waals surface area contributed by atoms with Crippen molar-refractivity contribution < 1.29 is 14.1 Å². The van der Waals surface area contributed by atoms with Crippen LogP contribution < -0.4 is 15.4 Å². The molecule has 0 saturated heterocycles. The average Bonchev–Trinajstić information content (AvgIpc) is 3.03. The van der Waals surface area contributed by atoms with Crippen LogP contribution in [-0.2, 0) is 4.79 Å². The van der Waals surface area contributed by atoms with Gasteiger partial charge in [0.15, 0.2) is 12.4 Å². The van der Waals surface area contributed by atoms with E-state index in [-0.39, 0.29) is 24.5 Å². The largest absolute Gasteiger partial charge is 0.484 e. The molecular formula is C16H22N4O3. The van der Waals surface area contributed by atoms with Crippen molar-refractivity contribution in [3.8, 4) is 5.75 Å². The first-order valence-electron chi connectivity index (χ1n) is 7.53. The van der Waals surface area contributed by atoms with Crippen molar-refractivity contribution in [2.75, 3.05) is 19.0 Å². The number of ether oxygens (including phenoxy) is 1. The summed E-state index contributed by atoms with van der Waals surface area (Å²) in [5.74, 6) is 1.88. The summed E-state index contributed by atoms with van der Waals surface area (Å²) >= 11 is 0. The lowest BCUT2D eigenvalue weighted by Gasteiger charge is -2.12. The SMILES string of the molecule is CNC(=O)COc1cccc(N[C@@H](C)c2nc(C(C)C)no2)c1. The molecule has 1 aromatic heterocycles. The molecule has 0 unspecified atom stereocenters. The van der Waals surface area contributed by atoms with Gasteiger partial charge in [-0.05, 0) is 19.1 Å². The van der Waals surface area contributed by atoms with Crippen LogP contribution in [0.5, 0.6) is 5.75 Å². The van der Waals surface area contributed by atoms with Crippen molar-refractivity contribution >= 4 is 11.6 Å². The number of rotatable bonds is 7. The molecule has 2 aromatic rings. The number of amides is 1. The quantitative estimate of drug-likeness (QED) is 0.815. The Morgan fingerprint density at radius 1 is 1.35 bits per heavy atom. The van der Waals surface area contributed by atoms with Gasteiger partial charge in [0.2, 0.25) is 5.89 Å². The van der Waals surface area contributed by atoms with E-state index in [0.29, 0.717) is 17.5 Å². The summed E-state index contributed by atoms with van der Waals surface area (Å²) in [5, 5.41) is 9.74. The van der Waals surface area contributed by atoms with Gasteiger partial charge in [0.05, 0.1) is 0 Å². The number of hydrogen-bond acceptors (Lipinski definition) is 6. The van der Waals surface area contributed by atoms with Crippen molar-refractivity contribution in [1.82, 2.24) is 15.5 Å². The highest BCUT2D eigenvalue weighted by Gasteiger charge is 2.16. The van der Waals surface area contributed by atoms with Crippen molar-refractivity contribution in [3.05, 3.63) is 36.0 Å². The van der Waals surface area contributed by atoms with Crippen LogP contribution in [0.1, 0.15) is 44.4 Å². The molecule has 0 fully saturated rings. The van der Waals surface area contributed by atoms with E-state index in [1.54, 1.807) is 13.1 Å². The Morgan fingerprint density at radius 2 is 2.13 bits per heavy atom. The second-order valence-electron chi connectivity index (χ2n) is 5.50. The topological polar surface area (TPSA) is 89.3 Å². The molecule has 0 aliphatic carbocycles. The van der Waals surface area contributed by atoms with Crippen molar-refractivity contribution in [2.45, 2.75) is 32.7 Å². The van der Waals surface area contributed by atoms with E-state index in [2.05, 4.69) is 20.8 Å². The maximum absolute atomic E-state index is 11.2. The minimum atomic E-state index is -0.177. The third-order valence-electron chi connectivity index (χ3n) is 3.21. The first-order chi connectivity index (χ1) is 11.0. The number of nitrogens with one attached hydrogen (secondary N) is 2. The molecule has 7 nitrogen and oxygen atoms in total. The lowest BCUT2D eigenvalue weighted by molar-refractivity contribution is -0.122. The zero-order chi connectivity index (χ0) is 16.8. The maximum atomic E-state index is 11.2. The molecule has 2 N–H and O–H groups in total. The van der Waals surface area contributed by atoms with Crippen molar-refractivity contribution in [3.63, 3.8) is 0 Å². The number of carbonyl (C=O) groups is 1. The third kappa shape index (κ3) is 4.70. The maximum Gasteiger partial charge on any atom is 0.257 e. The Hall–Kier alpha value is -2.57. The van der Waals surface area contributed by atoms with Crippen LogP contribution >= 0.6 is 0 Å². The highest BCUT2D eigenvalue weighted by molar-refractivity contribution is 5.77. The molecule has 0 aliphatic heterocycles. The van der Waals surface area contributed by atoms with Gasteiger partial charge in [-0.1, -0.05) is 25.1 Å². The molecule has 0 radical (unpaired) electrons. The van der Waals surface area contributed by atoms with Crippen LogP contribution in [0.4, 0.5) is 5.69 Å². The van der Waals surface area contributed by atoms with Gasteiger partial charge in [-0.2, -0.15) is 4.98 Å². The normalized spacial score (nSPS) is 12.0. The van der Waals surface area contributed by atoms with Crippen LogP contribution in [0.15, 0.2) is 28.8 Å². The molecule has 1 aromatic carbocycles. The Labute approximate surface area is 135 Å². The van der Waals surface area contributed by atoms with E-state index in [0.717, 1.165) is 5.69 Å². The Kier molecular flexibility index (Phi) is 5.56. The van der Waals surface area contributed by atoms with Crippen LogP contribution in [0.25, 0.3) is 0 Å². The fraction of sp³-hybridized carbons (Fsp3) is 0.438. The van der Waals surface area contributed by atoms with E-state index in [1.807, 2.05) is 39.0 Å². The summed E-state index contributed by atoms with van der Waals surface area (Å²) in [6.07, 6.45) is 0. The number of aromatic nitrogens is 2. The van der Waals surface area contributed by atoms with E-state index >= 15 is 0 Å². The summed E-state index contributed by atoms with van der Waals surface area (Å²) < 4.78 is 10.7. The number of carbonyl (C=O) groups excluding carboxylic acids is 1. The summed E-state index contributed by atoms with van der Waals surface area (Å²) in [6, 6.07) is 7.23. The molecular weight excluding hydrogens is 296 g/mol. The summed E-state index contributed by atoms with van der Waals surface area (Å²) in [7, 11) is 1.57. The summed E-state index contributed by atoms with van der Waals surface area (Å²) in [4.78, 5) is 15.6. The monoisotopic (exact) mass is 318 g/mol. The fourth-order valence-corrected chi connectivity index (χ4v) is 1.87. The lowest BCUT2D eigenvalue weighted by Crippen LogP contribution is -2.24. The Morgan fingerprint density at radius 3 is 2.78 bits per heavy atom. The van der Waals surface area contributed by atoms with Gasteiger partial charge in [-0.25, -0.2) is 0 Å². The molecule has 124 valence electrons. The van der Waals surface area contributed by atoms with Crippen LogP contribution in [0, 0.1) is 0 Å². The van der Waals surface area contributed by atoms with Gasteiger partial charge in [0.1, 0.15) is 11.8 Å². The molecule has 1 heterocycles. The second kappa shape index (κ2) is 7.62. The highest BCUT2D eigenvalue weighted by atomic mass is 16.5. The Bertz CT molecular complexity index is 654. The smallest absolute Gasteiger partial charge is 0.257 e. The molecule has 7 heteroatoms. The predicted molar refractivity (Wildman–Crippen MR) is 86.4 cm³/mol. The van der Waals surface area contributed by atoms with Gasteiger partial charge < -0.3 is 19.9 Å². The number of likely N-dealkylation sites (N-methyl/N-ethyl adjacent to an activating group) is 1. The second-order valence-corrected chi connectivity index (χ2v) is 5.50. The molecule has 0 saturated carbocycles. The van der Waals surface area contributed by atoms with E-state index < -0.39 is 0 Å². The van der Waals surface area contributed by atoms with Gasteiger partial charge in [0.25, 0.3) is 5.91 Å². The minimum Gasteiger partial charge on any atom is -0.484 e. The van der Waals surface area contributed by atoms with Crippen molar-refractivity contribution in [2.24, 2.45) is 0 Å². The van der Waals surface area contributed by atoms with E-state index in [1.165, 1.54) is 0 Å². The molecule has 0 bridgehead atoms. The molecule has 1 amide bonds. The van der Waals surface area contributed by atoms with Gasteiger partial charge in [0, 0.05) is 24.7 Å². The zero-order valence-electron chi connectivity index (χ0n) is 13.8. The number of nitrogens with zero attached hydrogens (tertiary/aromatic N) is 2. The molecule has 23 heavy (non-hydrogen) atoms. The summed E-state index contributed by atoms with van der Waals surface area (Å²) in [5.41, 5.74) is 0.844. The van der Waals surface area contributed by atoms with Crippen LogP contribution in [0.2, 0.25) is 0 Å². The lowest BCUT2D eigenvalue weighted by atomic mass is 10.2. The van der Waals surface area contributed by atoms with Crippen LogP contribution in [0.3, 0.4) is 0 Å². The molecule has 1 atom stereocenters. The molecule has 0 aliphatic rings. The minimum absolute atomic E-state index is 0.0169. The number of benzene rings is 1. The Balaban J connectivity index is 1.99. The third-order valence-corrected chi connectivity index (χ3v) is 3.21. The molecule has 2 rings (SSSR count). The van der Waals surface area contributed by atoms with Crippen LogP contribution in [-0.4, -0.2) is 29.7 Å². The standard InChI is InChI=1S/C16H22N4O3/c1-10(2)15-19-16(23-20-15)11(3)18-12-6-5-7-13(8-12)22-9-14(21)17-4/h5-8,10-11,18H,9H2,1-4H3,(H,17,21)/t11-/m0/s1. The van der Waals surface area contributed by atoms with E-state index in [9.17, 15) is 4.79 Å².